The second kappa shape index (κ2) is 16.0. The summed E-state index contributed by atoms with van der Waals surface area (Å²) < 4.78 is 0. The van der Waals surface area contributed by atoms with Gasteiger partial charge in [-0.2, -0.15) is 0 Å². The van der Waals surface area contributed by atoms with E-state index in [2.05, 4.69) is 193 Å². The number of hydrogen-bond donors (Lipinski definition) is 0. The third-order valence-corrected chi connectivity index (χ3v) is 13.5. The van der Waals surface area contributed by atoms with Gasteiger partial charge in [0, 0.05) is 16.7 Å². The molecule has 11 aromatic carbocycles. The molecule has 0 saturated heterocycles. The van der Waals surface area contributed by atoms with Gasteiger partial charge in [0.05, 0.1) is 6.57 Å². The quantitative estimate of drug-likeness (QED) is 0.118. The van der Waals surface area contributed by atoms with Crippen LogP contribution in [0.4, 0.5) is 5.69 Å². The van der Waals surface area contributed by atoms with Crippen LogP contribution in [0.5, 0.6) is 0 Å². The Kier molecular flexibility index (Phi) is 9.20. The van der Waals surface area contributed by atoms with E-state index in [-0.39, 0.29) is 0 Å². The first-order chi connectivity index (χ1) is 33.7. The molecular weight excluding hydrogens is 825 g/mol. The van der Waals surface area contributed by atoms with Gasteiger partial charge >= 0.3 is 0 Å². The van der Waals surface area contributed by atoms with Crippen molar-refractivity contribution >= 4 is 38.0 Å². The molecule has 4 nitrogen and oxygen atoms in total. The van der Waals surface area contributed by atoms with Gasteiger partial charge in [0.15, 0.2) is 23.2 Å². The topological polar surface area (TPSA) is 43.0 Å². The first-order valence-electron chi connectivity index (χ1n) is 22.9. The summed E-state index contributed by atoms with van der Waals surface area (Å²) in [5.41, 5.74) is 16.6. The minimum absolute atomic E-state index is 0.589. The predicted molar refractivity (Wildman–Crippen MR) is 281 cm³/mol. The second-order valence-electron chi connectivity index (χ2n) is 17.3. The van der Waals surface area contributed by atoms with E-state index in [9.17, 15) is 0 Å². The summed E-state index contributed by atoms with van der Waals surface area (Å²) in [7, 11) is 0. The fourth-order valence-corrected chi connectivity index (χ4v) is 10.3. The van der Waals surface area contributed by atoms with Crippen LogP contribution >= 0.6 is 0 Å². The summed E-state index contributed by atoms with van der Waals surface area (Å²) in [6.45, 7) is 8.39. The Balaban J connectivity index is 0.862. The number of benzene rings is 11. The molecule has 12 aromatic rings. The minimum Gasteiger partial charge on any atom is -0.237 e. The Morgan fingerprint density at radius 1 is 0.265 bits per heavy atom. The zero-order valence-electron chi connectivity index (χ0n) is 36.7. The third kappa shape index (κ3) is 6.48. The van der Waals surface area contributed by atoms with Crippen molar-refractivity contribution in [1.29, 1.82) is 0 Å². The molecule has 0 radical (unpaired) electrons. The molecule has 0 aliphatic heterocycles. The van der Waals surface area contributed by atoms with E-state index in [1.54, 1.807) is 0 Å². The molecule has 1 aromatic heterocycles. The van der Waals surface area contributed by atoms with Crippen molar-refractivity contribution in [2.45, 2.75) is 0 Å². The SMILES string of the molecule is [C-]#[N+]c1cc(-c2ccc(-c3cccc4c3ccc3ccccc34)cc2)ccc1-c1ccccc1-c1cccc(-c2nc(-c3ccccc3)nc(-c3ccc4c5c(cccc35)-c3ccccc3-4)n2)c1. The molecular formula is C64H38N4. The predicted octanol–water partition coefficient (Wildman–Crippen LogP) is 17.2. The van der Waals surface area contributed by atoms with Crippen LogP contribution < -0.4 is 0 Å². The molecule has 0 bridgehead atoms. The molecule has 0 fully saturated rings. The molecule has 13 rings (SSSR count). The fraction of sp³-hybridized carbons (Fsp3) is 0. The van der Waals surface area contributed by atoms with Crippen LogP contribution in [0.25, 0.3) is 138 Å². The Hall–Kier alpha value is -9.30. The molecule has 1 aliphatic rings. The van der Waals surface area contributed by atoms with E-state index in [0.29, 0.717) is 23.2 Å². The van der Waals surface area contributed by atoms with Gasteiger partial charge in [0.25, 0.3) is 0 Å². The van der Waals surface area contributed by atoms with Gasteiger partial charge in [-0.1, -0.05) is 212 Å². The number of fused-ring (bicyclic) bond motifs is 6. The first kappa shape index (κ1) is 39.1. The monoisotopic (exact) mass is 862 g/mol. The van der Waals surface area contributed by atoms with E-state index in [4.69, 9.17) is 21.5 Å². The number of nitrogens with zero attached hydrogens (tertiary/aromatic N) is 4. The Labute approximate surface area is 394 Å². The lowest BCUT2D eigenvalue weighted by molar-refractivity contribution is 1.08. The van der Waals surface area contributed by atoms with E-state index >= 15 is 0 Å². The van der Waals surface area contributed by atoms with Gasteiger partial charge < -0.3 is 0 Å². The van der Waals surface area contributed by atoms with Crippen LogP contribution in [0.1, 0.15) is 0 Å². The standard InChI is InChI=1S/C64H38N4/c1-65-60-39-44(40-28-30-42(31-29-40)48-24-12-25-50-47-19-6-5-14-41(47)32-34-54(48)50)33-35-55(60)51-21-8-7-20-49(51)45-17-11-18-46(38-45)63-66-62(43-15-3-2-4-16-43)67-64(68-63)59-37-36-58-53-23-10-9-22-52(53)56-26-13-27-57(59)61(56)58/h2-39H. The molecule has 4 heteroatoms. The molecule has 0 N–H and O–H groups in total. The van der Waals surface area contributed by atoms with Crippen molar-refractivity contribution in [3.63, 3.8) is 0 Å². The summed E-state index contributed by atoms with van der Waals surface area (Å²) in [5.74, 6) is 1.82. The van der Waals surface area contributed by atoms with Crippen molar-refractivity contribution in [3.05, 3.63) is 242 Å². The highest BCUT2D eigenvalue weighted by atomic mass is 15.0. The second-order valence-corrected chi connectivity index (χ2v) is 17.3. The molecule has 0 unspecified atom stereocenters. The van der Waals surface area contributed by atoms with Gasteiger partial charge in [-0.05, 0) is 117 Å². The van der Waals surface area contributed by atoms with E-state index in [1.165, 1.54) is 54.7 Å². The molecule has 0 atom stereocenters. The zero-order valence-corrected chi connectivity index (χ0v) is 36.7. The average molecular weight is 863 g/mol. The third-order valence-electron chi connectivity index (χ3n) is 13.5. The van der Waals surface area contributed by atoms with Crippen molar-refractivity contribution in [2.24, 2.45) is 0 Å². The summed E-state index contributed by atoms with van der Waals surface area (Å²) in [6, 6.07) is 80.9. The first-order valence-corrected chi connectivity index (χ1v) is 22.9. The van der Waals surface area contributed by atoms with Gasteiger partial charge in [-0.3, -0.25) is 0 Å². The van der Waals surface area contributed by atoms with Gasteiger partial charge in [0.2, 0.25) is 0 Å². The van der Waals surface area contributed by atoms with Crippen molar-refractivity contribution in [2.75, 3.05) is 0 Å². The maximum absolute atomic E-state index is 8.39. The zero-order chi connectivity index (χ0) is 45.1. The normalized spacial score (nSPS) is 11.5. The average Bonchev–Trinajstić information content (AvgIpc) is 3.75. The van der Waals surface area contributed by atoms with Gasteiger partial charge in [-0.25, -0.2) is 19.8 Å². The Morgan fingerprint density at radius 3 is 1.59 bits per heavy atom. The molecule has 0 spiro atoms. The highest BCUT2D eigenvalue weighted by Gasteiger charge is 2.24. The van der Waals surface area contributed by atoms with Crippen LogP contribution in [0, 0.1) is 6.57 Å². The van der Waals surface area contributed by atoms with Gasteiger partial charge in [-0.15, -0.1) is 0 Å². The highest BCUT2D eigenvalue weighted by Crippen LogP contribution is 2.49. The van der Waals surface area contributed by atoms with Crippen LogP contribution in [-0.4, -0.2) is 15.0 Å². The largest absolute Gasteiger partial charge is 0.237 e. The van der Waals surface area contributed by atoms with Crippen LogP contribution in [0.2, 0.25) is 0 Å². The maximum Gasteiger partial charge on any atom is 0.195 e. The van der Waals surface area contributed by atoms with E-state index < -0.39 is 0 Å². The van der Waals surface area contributed by atoms with Crippen LogP contribution in [-0.2, 0) is 0 Å². The summed E-state index contributed by atoms with van der Waals surface area (Å²) in [5, 5.41) is 7.33. The molecule has 0 amide bonds. The molecule has 0 saturated carbocycles. The highest BCUT2D eigenvalue weighted by molar-refractivity contribution is 6.18. The number of hydrogen-bond acceptors (Lipinski definition) is 3. The number of aromatic nitrogens is 3. The molecule has 314 valence electrons. The van der Waals surface area contributed by atoms with Crippen molar-refractivity contribution in [1.82, 2.24) is 15.0 Å². The van der Waals surface area contributed by atoms with Crippen molar-refractivity contribution < 1.29 is 0 Å². The van der Waals surface area contributed by atoms with E-state index in [1.807, 2.05) is 42.5 Å². The van der Waals surface area contributed by atoms with E-state index in [0.717, 1.165) is 61.0 Å². The number of rotatable bonds is 7. The van der Waals surface area contributed by atoms with Crippen LogP contribution in [0.15, 0.2) is 231 Å². The lowest BCUT2D eigenvalue weighted by atomic mass is 9.91. The molecule has 1 heterocycles. The Morgan fingerprint density at radius 2 is 0.794 bits per heavy atom. The lowest BCUT2D eigenvalue weighted by Gasteiger charge is -2.15. The smallest absolute Gasteiger partial charge is 0.195 e. The molecule has 1 aliphatic carbocycles. The Bertz CT molecular complexity index is 4000. The maximum atomic E-state index is 8.39. The summed E-state index contributed by atoms with van der Waals surface area (Å²) >= 11 is 0. The van der Waals surface area contributed by atoms with Gasteiger partial charge in [0.1, 0.15) is 0 Å². The van der Waals surface area contributed by atoms with Crippen molar-refractivity contribution in [3.8, 4) is 101 Å². The molecule has 68 heavy (non-hydrogen) atoms. The van der Waals surface area contributed by atoms with Crippen LogP contribution in [0.3, 0.4) is 0 Å². The summed E-state index contributed by atoms with van der Waals surface area (Å²) in [6.07, 6.45) is 0. The lowest BCUT2D eigenvalue weighted by Crippen LogP contribution is -2.01. The minimum atomic E-state index is 0.589. The fourth-order valence-electron chi connectivity index (χ4n) is 10.3. The summed E-state index contributed by atoms with van der Waals surface area (Å²) in [4.78, 5) is 19.6.